The van der Waals surface area contributed by atoms with E-state index in [-0.39, 0.29) is 22.6 Å². The van der Waals surface area contributed by atoms with Gasteiger partial charge in [-0.1, -0.05) is 6.92 Å². The average molecular weight is 389 g/mol. The molecule has 1 aliphatic carbocycles. The molecule has 3 rings (SSSR count). The number of carbonyl (C=O) groups is 3. The van der Waals surface area contributed by atoms with Crippen LogP contribution in [-0.2, 0) is 4.79 Å². The summed E-state index contributed by atoms with van der Waals surface area (Å²) in [6, 6.07) is 2.40. The number of methoxy groups -OCH3 is 2. The summed E-state index contributed by atoms with van der Waals surface area (Å²) in [5, 5.41) is 17.1. The minimum absolute atomic E-state index is 0.0360. The molecular formula is C19H23N3O6. The molecule has 0 bridgehead atoms. The van der Waals surface area contributed by atoms with E-state index < -0.39 is 23.4 Å². The zero-order valence-electron chi connectivity index (χ0n) is 16.0. The van der Waals surface area contributed by atoms with Crippen molar-refractivity contribution in [3.05, 3.63) is 23.3 Å². The van der Waals surface area contributed by atoms with E-state index >= 15 is 0 Å². The summed E-state index contributed by atoms with van der Waals surface area (Å²) in [4.78, 5) is 36.9. The summed E-state index contributed by atoms with van der Waals surface area (Å²) in [6.07, 6.45) is 4.02. The van der Waals surface area contributed by atoms with E-state index in [0.29, 0.717) is 18.8 Å². The molecule has 2 aliphatic rings. The molecule has 150 valence electrons. The molecule has 3 amide bonds. The number of hydrazone groups is 1. The summed E-state index contributed by atoms with van der Waals surface area (Å²) in [6.45, 7) is 2.12. The van der Waals surface area contributed by atoms with Crippen molar-refractivity contribution in [1.29, 1.82) is 0 Å². The van der Waals surface area contributed by atoms with Crippen molar-refractivity contribution in [1.82, 2.24) is 10.3 Å². The Hall–Kier alpha value is -3.10. The monoisotopic (exact) mass is 389 g/mol. The van der Waals surface area contributed by atoms with Crippen LogP contribution in [0.1, 0.15) is 48.5 Å². The number of nitrogens with one attached hydrogen (secondary N) is 1. The number of imide groups is 1. The van der Waals surface area contributed by atoms with Crippen molar-refractivity contribution < 1.29 is 29.0 Å². The molecule has 1 aliphatic heterocycles. The van der Waals surface area contributed by atoms with Gasteiger partial charge in [-0.15, -0.1) is 5.01 Å². The first-order chi connectivity index (χ1) is 13.3. The molecule has 1 aromatic carbocycles. The lowest BCUT2D eigenvalue weighted by molar-refractivity contribution is -0.132. The number of rotatable bonds is 5. The number of carboxylic acids is 1. The van der Waals surface area contributed by atoms with Crippen LogP contribution in [0, 0.1) is 5.92 Å². The molecule has 9 heteroatoms. The number of urea groups is 1. The topological polar surface area (TPSA) is 118 Å². The quantitative estimate of drug-likeness (QED) is 0.589. The Bertz CT molecular complexity index is 842. The first-order valence-electron chi connectivity index (χ1n) is 9.02. The van der Waals surface area contributed by atoms with E-state index in [4.69, 9.17) is 9.47 Å². The maximum Gasteiger partial charge on any atom is 0.346 e. The van der Waals surface area contributed by atoms with Gasteiger partial charge in [0.15, 0.2) is 11.5 Å². The van der Waals surface area contributed by atoms with Crippen molar-refractivity contribution in [3.63, 3.8) is 0 Å². The summed E-state index contributed by atoms with van der Waals surface area (Å²) in [5.41, 5.74) is -0.892. The number of benzene rings is 1. The highest BCUT2D eigenvalue weighted by molar-refractivity contribution is 6.08. The second-order valence-corrected chi connectivity index (χ2v) is 7.13. The Morgan fingerprint density at radius 2 is 1.96 bits per heavy atom. The largest absolute Gasteiger partial charge is 0.493 e. The zero-order valence-corrected chi connectivity index (χ0v) is 16.0. The van der Waals surface area contributed by atoms with Crippen LogP contribution < -0.4 is 14.8 Å². The molecule has 0 aromatic heterocycles. The Kier molecular flexibility index (Phi) is 5.26. The van der Waals surface area contributed by atoms with Gasteiger partial charge in [-0.2, -0.15) is 5.10 Å². The molecule has 2 N–H and O–H groups in total. The van der Waals surface area contributed by atoms with Crippen LogP contribution in [-0.4, -0.2) is 54.0 Å². The Labute approximate surface area is 162 Å². The number of hydrogen-bond acceptors (Lipinski definition) is 6. The predicted octanol–water partition coefficient (Wildman–Crippen LogP) is 2.24. The van der Waals surface area contributed by atoms with Crippen LogP contribution in [0.3, 0.4) is 0 Å². The van der Waals surface area contributed by atoms with Gasteiger partial charge in [-0.05, 0) is 43.7 Å². The third-order valence-electron chi connectivity index (χ3n) is 5.37. The van der Waals surface area contributed by atoms with Crippen molar-refractivity contribution in [2.75, 3.05) is 14.2 Å². The van der Waals surface area contributed by atoms with Gasteiger partial charge in [0.05, 0.1) is 20.4 Å². The average Bonchev–Trinajstić information content (AvgIpc) is 2.91. The standard InChI is InChI=1S/C19H23N3O6/c1-11-6-8-19(9-7-11)17(25)22(18(26)21-19)20-10-12-4-5-13(27-2)15(28-3)14(12)16(23)24/h4-5,10-11H,6-9H2,1-3H3,(H,21,26)(H,23,24)/b20-10-. The number of carboxylic acid groups (broad SMARTS) is 1. The smallest absolute Gasteiger partial charge is 0.346 e. The van der Waals surface area contributed by atoms with Gasteiger partial charge in [0.2, 0.25) is 0 Å². The summed E-state index contributed by atoms with van der Waals surface area (Å²) in [7, 11) is 2.73. The second kappa shape index (κ2) is 7.49. The zero-order chi connectivity index (χ0) is 20.5. The summed E-state index contributed by atoms with van der Waals surface area (Å²) >= 11 is 0. The Balaban J connectivity index is 1.91. The number of nitrogens with zero attached hydrogens (tertiary/aromatic N) is 2. The lowest BCUT2D eigenvalue weighted by Crippen LogP contribution is -2.49. The molecule has 1 spiro atoms. The molecule has 9 nitrogen and oxygen atoms in total. The maximum absolute atomic E-state index is 12.8. The molecule has 1 saturated carbocycles. The minimum atomic E-state index is -1.24. The maximum atomic E-state index is 12.8. The molecule has 0 atom stereocenters. The van der Waals surface area contributed by atoms with Crippen molar-refractivity contribution in [3.8, 4) is 11.5 Å². The third-order valence-corrected chi connectivity index (χ3v) is 5.37. The van der Waals surface area contributed by atoms with E-state index in [1.807, 2.05) is 0 Å². The molecule has 1 aromatic rings. The molecule has 1 heterocycles. The van der Waals surface area contributed by atoms with Gasteiger partial charge >= 0.3 is 12.0 Å². The molecule has 0 unspecified atom stereocenters. The van der Waals surface area contributed by atoms with E-state index in [1.54, 1.807) is 0 Å². The lowest BCUT2D eigenvalue weighted by Gasteiger charge is -2.33. The minimum Gasteiger partial charge on any atom is -0.493 e. The first kappa shape index (κ1) is 19.7. The van der Waals surface area contributed by atoms with Crippen molar-refractivity contribution in [2.24, 2.45) is 11.0 Å². The van der Waals surface area contributed by atoms with E-state index in [1.165, 1.54) is 32.6 Å². The first-order valence-corrected chi connectivity index (χ1v) is 9.02. The van der Waals surface area contributed by atoms with Crippen molar-refractivity contribution >= 4 is 24.1 Å². The van der Waals surface area contributed by atoms with E-state index in [0.717, 1.165) is 17.9 Å². The molecule has 1 saturated heterocycles. The van der Waals surface area contributed by atoms with Gasteiger partial charge in [0.1, 0.15) is 11.1 Å². The van der Waals surface area contributed by atoms with Gasteiger partial charge in [-0.25, -0.2) is 9.59 Å². The highest BCUT2D eigenvalue weighted by Gasteiger charge is 2.52. The fourth-order valence-electron chi connectivity index (χ4n) is 3.70. The fourth-order valence-corrected chi connectivity index (χ4v) is 3.70. The number of carbonyl (C=O) groups excluding carboxylic acids is 2. The normalized spacial score (nSPS) is 24.7. The second-order valence-electron chi connectivity index (χ2n) is 7.13. The van der Waals surface area contributed by atoms with Crippen LogP contribution in [0.25, 0.3) is 0 Å². The van der Waals surface area contributed by atoms with Crippen LogP contribution >= 0.6 is 0 Å². The van der Waals surface area contributed by atoms with E-state index in [2.05, 4.69) is 17.3 Å². The number of ether oxygens (including phenoxy) is 2. The highest BCUT2D eigenvalue weighted by atomic mass is 16.5. The van der Waals surface area contributed by atoms with Gasteiger partial charge in [0.25, 0.3) is 5.91 Å². The Morgan fingerprint density at radius 3 is 2.54 bits per heavy atom. The highest BCUT2D eigenvalue weighted by Crippen LogP contribution is 2.37. The fraction of sp³-hybridized carbons (Fsp3) is 0.474. The number of aromatic carboxylic acids is 1. The van der Waals surface area contributed by atoms with Gasteiger partial charge in [0, 0.05) is 5.56 Å². The number of hydrogen-bond donors (Lipinski definition) is 2. The summed E-state index contributed by atoms with van der Waals surface area (Å²) < 4.78 is 10.3. The molecular weight excluding hydrogens is 366 g/mol. The number of amides is 3. The van der Waals surface area contributed by atoms with Crippen LogP contribution in [0.2, 0.25) is 0 Å². The van der Waals surface area contributed by atoms with Gasteiger partial charge in [-0.3, -0.25) is 4.79 Å². The third kappa shape index (κ3) is 3.28. The summed E-state index contributed by atoms with van der Waals surface area (Å²) in [5.74, 6) is -0.848. The van der Waals surface area contributed by atoms with Crippen LogP contribution in [0.4, 0.5) is 4.79 Å². The Morgan fingerprint density at radius 1 is 1.29 bits per heavy atom. The molecule has 0 radical (unpaired) electrons. The lowest BCUT2D eigenvalue weighted by atomic mass is 9.77. The van der Waals surface area contributed by atoms with Gasteiger partial charge < -0.3 is 19.9 Å². The van der Waals surface area contributed by atoms with Crippen LogP contribution in [0.5, 0.6) is 11.5 Å². The molecule has 28 heavy (non-hydrogen) atoms. The predicted molar refractivity (Wildman–Crippen MR) is 99.8 cm³/mol. The van der Waals surface area contributed by atoms with E-state index in [9.17, 15) is 19.5 Å². The SMILES string of the molecule is COc1ccc(/C=N\N2C(=O)NC3(CCC(C)CC3)C2=O)c(C(=O)O)c1OC. The molecule has 2 fully saturated rings. The van der Waals surface area contributed by atoms with Crippen molar-refractivity contribution in [2.45, 2.75) is 38.1 Å². The van der Waals surface area contributed by atoms with Crippen LogP contribution in [0.15, 0.2) is 17.2 Å².